The van der Waals surface area contributed by atoms with E-state index in [1.807, 2.05) is 10.9 Å². The number of hydrogen-bond acceptors (Lipinski definition) is 4. The van der Waals surface area contributed by atoms with E-state index >= 15 is 0 Å². The molecule has 0 unspecified atom stereocenters. The van der Waals surface area contributed by atoms with Crippen molar-refractivity contribution in [3.05, 3.63) is 11.9 Å². The fourth-order valence-electron chi connectivity index (χ4n) is 3.18. The summed E-state index contributed by atoms with van der Waals surface area (Å²) in [6.07, 6.45) is 7.11. The molecule has 2 aliphatic heterocycles. The van der Waals surface area contributed by atoms with Gasteiger partial charge in [0.15, 0.2) is 0 Å². The van der Waals surface area contributed by atoms with Gasteiger partial charge in [-0.2, -0.15) is 0 Å². The first-order chi connectivity index (χ1) is 7.78. The summed E-state index contributed by atoms with van der Waals surface area (Å²) < 4.78 is 2.03. The van der Waals surface area contributed by atoms with Crippen LogP contribution in [-0.4, -0.2) is 39.0 Å². The standard InChI is InChI=1S/C11H19N5/c1-15-9-2-3-10(15)5-11(4-9)16-7-8(6-12)13-14-16/h7,9-11H,2-6,12H2,1H3/t9-,10-/m0/s1. The average Bonchev–Trinajstić information content (AvgIpc) is 2.82. The Morgan fingerprint density at radius 3 is 2.56 bits per heavy atom. The number of hydrogen-bond donors (Lipinski definition) is 1. The van der Waals surface area contributed by atoms with Crippen LogP contribution in [0.3, 0.4) is 0 Å². The van der Waals surface area contributed by atoms with Gasteiger partial charge in [-0.25, -0.2) is 4.68 Å². The monoisotopic (exact) mass is 221 g/mol. The van der Waals surface area contributed by atoms with Gasteiger partial charge >= 0.3 is 0 Å². The Balaban J connectivity index is 1.77. The Labute approximate surface area is 95.6 Å². The molecule has 2 saturated heterocycles. The van der Waals surface area contributed by atoms with Gasteiger partial charge in [-0.05, 0) is 32.7 Å². The second-order valence-electron chi connectivity index (χ2n) is 5.07. The molecule has 5 nitrogen and oxygen atoms in total. The third-order valence-corrected chi connectivity index (χ3v) is 4.21. The van der Waals surface area contributed by atoms with Crippen molar-refractivity contribution in [3.8, 4) is 0 Å². The molecule has 88 valence electrons. The van der Waals surface area contributed by atoms with E-state index in [2.05, 4.69) is 22.3 Å². The highest BCUT2D eigenvalue weighted by Gasteiger charge is 2.39. The molecule has 16 heavy (non-hydrogen) atoms. The lowest BCUT2D eigenvalue weighted by Gasteiger charge is -2.36. The highest BCUT2D eigenvalue weighted by Crippen LogP contribution is 2.39. The summed E-state index contributed by atoms with van der Waals surface area (Å²) in [4.78, 5) is 2.54. The zero-order valence-electron chi connectivity index (χ0n) is 9.71. The predicted molar refractivity (Wildman–Crippen MR) is 60.8 cm³/mol. The van der Waals surface area contributed by atoms with Crippen LogP contribution in [0.15, 0.2) is 6.20 Å². The fourth-order valence-corrected chi connectivity index (χ4v) is 3.18. The first-order valence-electron chi connectivity index (χ1n) is 6.10. The van der Waals surface area contributed by atoms with Gasteiger partial charge in [0.2, 0.25) is 0 Å². The molecule has 0 spiro atoms. The molecule has 0 aromatic carbocycles. The second-order valence-corrected chi connectivity index (χ2v) is 5.07. The van der Waals surface area contributed by atoms with Crippen molar-refractivity contribution in [2.45, 2.75) is 50.4 Å². The van der Waals surface area contributed by atoms with Crippen LogP contribution in [0.4, 0.5) is 0 Å². The van der Waals surface area contributed by atoms with Gasteiger partial charge in [0, 0.05) is 18.6 Å². The molecule has 0 amide bonds. The van der Waals surface area contributed by atoms with Crippen molar-refractivity contribution in [2.24, 2.45) is 5.73 Å². The van der Waals surface area contributed by atoms with Crippen LogP contribution in [0.1, 0.15) is 37.4 Å². The van der Waals surface area contributed by atoms with Gasteiger partial charge < -0.3 is 10.6 Å². The molecular weight excluding hydrogens is 202 g/mol. The maximum absolute atomic E-state index is 5.56. The van der Waals surface area contributed by atoms with Gasteiger partial charge in [-0.1, -0.05) is 5.21 Å². The molecule has 2 aliphatic rings. The minimum absolute atomic E-state index is 0.486. The SMILES string of the molecule is CN1[C@H]2CC[C@H]1CC(n1cc(CN)nn1)C2. The maximum Gasteiger partial charge on any atom is 0.0962 e. The lowest BCUT2D eigenvalue weighted by molar-refractivity contribution is 0.130. The number of nitrogens with zero attached hydrogens (tertiary/aromatic N) is 4. The van der Waals surface area contributed by atoms with Gasteiger partial charge in [-0.15, -0.1) is 5.10 Å². The Hall–Kier alpha value is -0.940. The lowest BCUT2D eigenvalue weighted by Crippen LogP contribution is -2.40. The molecule has 2 N–H and O–H groups in total. The van der Waals surface area contributed by atoms with Crippen LogP contribution in [0, 0.1) is 0 Å². The van der Waals surface area contributed by atoms with Gasteiger partial charge in [0.1, 0.15) is 0 Å². The Kier molecular flexibility index (Phi) is 2.44. The Morgan fingerprint density at radius 1 is 1.31 bits per heavy atom. The molecule has 1 aromatic heterocycles. The van der Waals surface area contributed by atoms with E-state index in [1.165, 1.54) is 25.7 Å². The molecule has 0 aliphatic carbocycles. The number of nitrogens with two attached hydrogens (primary N) is 1. The normalized spacial score (nSPS) is 34.5. The molecule has 1 aromatic rings. The van der Waals surface area contributed by atoms with Crippen LogP contribution in [0.2, 0.25) is 0 Å². The third-order valence-electron chi connectivity index (χ3n) is 4.21. The highest BCUT2D eigenvalue weighted by atomic mass is 15.4. The molecule has 3 heterocycles. The second kappa shape index (κ2) is 3.82. The summed E-state index contributed by atoms with van der Waals surface area (Å²) in [6, 6.07) is 2.02. The van der Waals surface area contributed by atoms with Crippen LogP contribution < -0.4 is 5.73 Å². The van der Waals surface area contributed by atoms with Crippen molar-refractivity contribution >= 4 is 0 Å². The summed E-state index contributed by atoms with van der Waals surface area (Å²) >= 11 is 0. The van der Waals surface area contributed by atoms with Gasteiger partial charge in [0.25, 0.3) is 0 Å². The first-order valence-corrected chi connectivity index (χ1v) is 6.10. The Bertz CT molecular complexity index is 360. The molecule has 2 atom stereocenters. The van der Waals surface area contributed by atoms with Crippen LogP contribution in [0.25, 0.3) is 0 Å². The van der Waals surface area contributed by atoms with Crippen molar-refractivity contribution in [1.82, 2.24) is 19.9 Å². The number of piperidine rings is 1. The molecule has 0 radical (unpaired) electrons. The van der Waals surface area contributed by atoms with Crippen LogP contribution >= 0.6 is 0 Å². The summed E-state index contributed by atoms with van der Waals surface area (Å²) in [5.41, 5.74) is 6.45. The lowest BCUT2D eigenvalue weighted by atomic mass is 9.98. The minimum atomic E-state index is 0.486. The highest BCUT2D eigenvalue weighted by molar-refractivity contribution is 4.98. The van der Waals surface area contributed by atoms with E-state index in [0.29, 0.717) is 12.6 Å². The van der Waals surface area contributed by atoms with E-state index in [-0.39, 0.29) is 0 Å². The largest absolute Gasteiger partial charge is 0.325 e. The summed E-state index contributed by atoms with van der Waals surface area (Å²) in [5.74, 6) is 0. The summed E-state index contributed by atoms with van der Waals surface area (Å²) in [6.45, 7) is 0.486. The van der Waals surface area contributed by atoms with Crippen molar-refractivity contribution in [3.63, 3.8) is 0 Å². The maximum atomic E-state index is 5.56. The third kappa shape index (κ3) is 1.55. The zero-order chi connectivity index (χ0) is 11.1. The van der Waals surface area contributed by atoms with Crippen molar-refractivity contribution in [1.29, 1.82) is 0 Å². The minimum Gasteiger partial charge on any atom is -0.325 e. The molecule has 2 fully saturated rings. The zero-order valence-corrected chi connectivity index (χ0v) is 9.71. The van der Waals surface area contributed by atoms with E-state index in [4.69, 9.17) is 5.73 Å². The van der Waals surface area contributed by atoms with Crippen molar-refractivity contribution < 1.29 is 0 Å². The topological polar surface area (TPSA) is 60.0 Å². The van der Waals surface area contributed by atoms with Crippen molar-refractivity contribution in [2.75, 3.05) is 7.05 Å². The van der Waals surface area contributed by atoms with Gasteiger partial charge in [0.05, 0.1) is 17.9 Å². The number of aromatic nitrogens is 3. The summed E-state index contributed by atoms with van der Waals surface area (Å²) in [5, 5.41) is 8.27. The molecule has 3 rings (SSSR count). The van der Waals surface area contributed by atoms with E-state index in [0.717, 1.165) is 17.8 Å². The Morgan fingerprint density at radius 2 is 2.00 bits per heavy atom. The molecule has 0 saturated carbocycles. The van der Waals surface area contributed by atoms with Crippen LogP contribution in [0.5, 0.6) is 0 Å². The smallest absolute Gasteiger partial charge is 0.0962 e. The van der Waals surface area contributed by atoms with E-state index in [1.54, 1.807) is 0 Å². The van der Waals surface area contributed by atoms with Gasteiger partial charge in [-0.3, -0.25) is 0 Å². The van der Waals surface area contributed by atoms with Crippen LogP contribution in [-0.2, 0) is 6.54 Å². The summed E-state index contributed by atoms with van der Waals surface area (Å²) in [7, 11) is 2.26. The molecule has 2 bridgehead atoms. The number of rotatable bonds is 2. The quantitative estimate of drug-likeness (QED) is 0.791. The predicted octanol–water partition coefficient (Wildman–Crippen LogP) is 0.534. The number of fused-ring (bicyclic) bond motifs is 2. The first kappa shape index (κ1) is 10.2. The van der Waals surface area contributed by atoms with E-state index in [9.17, 15) is 0 Å². The van der Waals surface area contributed by atoms with E-state index < -0.39 is 0 Å². The fraction of sp³-hybridized carbons (Fsp3) is 0.818. The molecule has 5 heteroatoms. The average molecular weight is 221 g/mol. The molecular formula is C11H19N5.